The van der Waals surface area contributed by atoms with E-state index in [2.05, 4.69) is 130 Å². The van der Waals surface area contributed by atoms with Gasteiger partial charge in [-0.3, -0.25) is 14.4 Å². The molecule has 0 bridgehead atoms. The maximum absolute atomic E-state index is 12.7. The molecule has 1 unspecified atom stereocenters. The van der Waals surface area contributed by atoms with Crippen LogP contribution in [0, 0.1) is 0 Å². The van der Waals surface area contributed by atoms with Gasteiger partial charge in [-0.15, -0.1) is 0 Å². The SMILES string of the molecule is CC/C=C\C/C=C\C/C=C\C/C=C\C/C=C\C/C=C\CCC(=O)OCC(COC(=O)CCCCCCCCCCCCCC)OC(=O)C/C=C\C/C=C\C/C=C\C/C=C\C/C=C\CC. The second kappa shape index (κ2) is 51.2. The van der Waals surface area contributed by atoms with Crippen molar-refractivity contribution in [3.05, 3.63) is 134 Å². The van der Waals surface area contributed by atoms with Crippen LogP contribution < -0.4 is 0 Å². The lowest BCUT2D eigenvalue weighted by Crippen LogP contribution is -2.30. The van der Waals surface area contributed by atoms with Gasteiger partial charge in [0.25, 0.3) is 0 Å². The zero-order valence-corrected chi connectivity index (χ0v) is 40.7. The molecular formula is C58H90O6. The highest BCUT2D eigenvalue weighted by atomic mass is 16.6. The molecule has 6 nitrogen and oxygen atoms in total. The van der Waals surface area contributed by atoms with Gasteiger partial charge in [0.15, 0.2) is 6.10 Å². The molecule has 0 aliphatic rings. The summed E-state index contributed by atoms with van der Waals surface area (Å²) in [6.07, 6.45) is 71.9. The van der Waals surface area contributed by atoms with E-state index in [1.807, 2.05) is 18.2 Å². The molecule has 0 aliphatic carbocycles. The summed E-state index contributed by atoms with van der Waals surface area (Å²) in [5.41, 5.74) is 0. The molecule has 0 N–H and O–H groups in total. The zero-order chi connectivity index (χ0) is 46.5. The average molecular weight is 883 g/mol. The number of esters is 3. The third-order valence-corrected chi connectivity index (χ3v) is 9.95. The minimum atomic E-state index is -0.865. The third-order valence-electron chi connectivity index (χ3n) is 9.95. The lowest BCUT2D eigenvalue weighted by Gasteiger charge is -2.18. The van der Waals surface area contributed by atoms with E-state index in [9.17, 15) is 14.4 Å². The third kappa shape index (κ3) is 48.6. The molecule has 0 aromatic heterocycles. The number of hydrogen-bond acceptors (Lipinski definition) is 6. The number of carbonyl (C=O) groups excluding carboxylic acids is 3. The molecule has 0 radical (unpaired) electrons. The predicted octanol–water partition coefficient (Wildman–Crippen LogP) is 16.7. The lowest BCUT2D eigenvalue weighted by molar-refractivity contribution is -0.166. The first-order chi connectivity index (χ1) is 31.5. The molecule has 0 aliphatic heterocycles. The van der Waals surface area contributed by atoms with Gasteiger partial charge < -0.3 is 14.2 Å². The molecule has 0 rings (SSSR count). The average Bonchev–Trinajstić information content (AvgIpc) is 3.29. The highest BCUT2D eigenvalue weighted by Crippen LogP contribution is 2.13. The van der Waals surface area contributed by atoms with Crippen LogP contribution >= 0.6 is 0 Å². The molecule has 0 aromatic carbocycles. The van der Waals surface area contributed by atoms with Crippen LogP contribution in [0.2, 0.25) is 0 Å². The quantitative estimate of drug-likeness (QED) is 0.0263. The summed E-state index contributed by atoms with van der Waals surface area (Å²) in [6, 6.07) is 0. The van der Waals surface area contributed by atoms with Gasteiger partial charge in [-0.1, -0.05) is 225 Å². The molecule has 64 heavy (non-hydrogen) atoms. The van der Waals surface area contributed by atoms with Crippen LogP contribution in [0.5, 0.6) is 0 Å². The van der Waals surface area contributed by atoms with E-state index in [0.717, 1.165) is 83.5 Å². The van der Waals surface area contributed by atoms with Crippen LogP contribution in [0.25, 0.3) is 0 Å². The highest BCUT2D eigenvalue weighted by molar-refractivity contribution is 5.72. The Morgan fingerprint density at radius 3 is 1.03 bits per heavy atom. The van der Waals surface area contributed by atoms with E-state index < -0.39 is 12.1 Å². The Morgan fingerprint density at radius 1 is 0.344 bits per heavy atom. The predicted molar refractivity (Wildman–Crippen MR) is 274 cm³/mol. The van der Waals surface area contributed by atoms with E-state index in [1.165, 1.54) is 57.8 Å². The van der Waals surface area contributed by atoms with Crippen molar-refractivity contribution in [2.75, 3.05) is 13.2 Å². The largest absolute Gasteiger partial charge is 0.462 e. The standard InChI is InChI=1S/C58H90O6/c1-4-7-10-13-16-19-22-25-27-28-29-30-32-33-36-39-42-45-48-51-57(60)63-54-55(53-62-56(59)50-47-44-41-38-35-24-21-18-15-12-9-6-3)64-58(61)52-49-46-43-40-37-34-31-26-23-20-17-14-11-8-5-2/h7-8,10-11,16-17,19-20,25-27,29-31,33,36-37,40,42,45-46,49,55H,4-6,9,12-15,18,21-24,28,32,34-35,38-39,41,43-44,47-48,50-54H2,1-3H3/b10-7-,11-8-,19-16-,20-17-,27-25-,30-29-,31-26-,36-33-,40-37-,45-42-,49-46-. The van der Waals surface area contributed by atoms with Crippen molar-refractivity contribution < 1.29 is 28.6 Å². The normalized spacial score (nSPS) is 13.2. The van der Waals surface area contributed by atoms with Gasteiger partial charge in [0.05, 0.1) is 6.42 Å². The molecule has 0 aromatic rings. The van der Waals surface area contributed by atoms with Gasteiger partial charge >= 0.3 is 17.9 Å². The molecule has 0 spiro atoms. The summed E-state index contributed by atoms with van der Waals surface area (Å²) in [4.78, 5) is 37.8. The zero-order valence-electron chi connectivity index (χ0n) is 40.7. The second-order valence-corrected chi connectivity index (χ2v) is 16.0. The Morgan fingerprint density at radius 2 is 0.656 bits per heavy atom. The van der Waals surface area contributed by atoms with Crippen molar-refractivity contribution >= 4 is 17.9 Å². The Kier molecular flexibility index (Phi) is 47.6. The van der Waals surface area contributed by atoms with Crippen LogP contribution in [-0.2, 0) is 28.6 Å². The van der Waals surface area contributed by atoms with Gasteiger partial charge in [-0.05, 0) is 83.5 Å². The van der Waals surface area contributed by atoms with Crippen LogP contribution in [-0.4, -0.2) is 37.2 Å². The maximum Gasteiger partial charge on any atom is 0.310 e. The number of allylic oxidation sites excluding steroid dienone is 21. The molecule has 6 heteroatoms. The van der Waals surface area contributed by atoms with Crippen molar-refractivity contribution in [1.29, 1.82) is 0 Å². The molecule has 358 valence electrons. The van der Waals surface area contributed by atoms with Gasteiger partial charge in [-0.2, -0.15) is 0 Å². The van der Waals surface area contributed by atoms with Crippen LogP contribution in [0.1, 0.15) is 194 Å². The summed E-state index contributed by atoms with van der Waals surface area (Å²) in [5, 5.41) is 0. The van der Waals surface area contributed by atoms with Gasteiger partial charge in [0.2, 0.25) is 0 Å². The fraction of sp³-hybridized carbons (Fsp3) is 0.569. The summed E-state index contributed by atoms with van der Waals surface area (Å²) < 4.78 is 16.6. The maximum atomic E-state index is 12.7. The molecule has 0 saturated carbocycles. The molecule has 0 amide bonds. The fourth-order valence-corrected chi connectivity index (χ4v) is 6.25. The van der Waals surface area contributed by atoms with E-state index >= 15 is 0 Å². The second-order valence-electron chi connectivity index (χ2n) is 16.0. The number of ether oxygens (including phenoxy) is 3. The molecule has 1 atom stereocenters. The van der Waals surface area contributed by atoms with Crippen LogP contribution in [0.3, 0.4) is 0 Å². The minimum absolute atomic E-state index is 0.0768. The number of carbonyl (C=O) groups is 3. The Labute approximate surface area is 392 Å². The first-order valence-electron chi connectivity index (χ1n) is 25.2. The van der Waals surface area contributed by atoms with Crippen molar-refractivity contribution in [3.63, 3.8) is 0 Å². The summed E-state index contributed by atoms with van der Waals surface area (Å²) in [7, 11) is 0. The number of unbranched alkanes of at least 4 members (excludes halogenated alkanes) is 11. The van der Waals surface area contributed by atoms with Crippen molar-refractivity contribution in [2.45, 2.75) is 200 Å². The van der Waals surface area contributed by atoms with Crippen molar-refractivity contribution in [1.82, 2.24) is 0 Å². The first-order valence-corrected chi connectivity index (χ1v) is 25.2. The van der Waals surface area contributed by atoms with Gasteiger partial charge in [0.1, 0.15) is 13.2 Å². The van der Waals surface area contributed by atoms with Crippen molar-refractivity contribution in [2.24, 2.45) is 0 Å². The molecular weight excluding hydrogens is 793 g/mol. The van der Waals surface area contributed by atoms with Crippen molar-refractivity contribution in [3.8, 4) is 0 Å². The van der Waals surface area contributed by atoms with Gasteiger partial charge in [-0.25, -0.2) is 0 Å². The summed E-state index contributed by atoms with van der Waals surface area (Å²) in [6.45, 7) is 6.23. The fourth-order valence-electron chi connectivity index (χ4n) is 6.25. The molecule has 0 saturated heterocycles. The van der Waals surface area contributed by atoms with E-state index in [1.54, 1.807) is 6.08 Å². The van der Waals surface area contributed by atoms with E-state index in [0.29, 0.717) is 19.3 Å². The molecule has 0 heterocycles. The Balaban J connectivity index is 4.64. The minimum Gasteiger partial charge on any atom is -0.462 e. The summed E-state index contributed by atoms with van der Waals surface area (Å²) in [5.74, 6) is -1.17. The van der Waals surface area contributed by atoms with Crippen LogP contribution in [0.4, 0.5) is 0 Å². The van der Waals surface area contributed by atoms with Crippen LogP contribution in [0.15, 0.2) is 134 Å². The van der Waals surface area contributed by atoms with Gasteiger partial charge in [0, 0.05) is 12.8 Å². The monoisotopic (exact) mass is 883 g/mol. The van der Waals surface area contributed by atoms with E-state index in [-0.39, 0.29) is 38.0 Å². The number of rotatable bonds is 43. The first kappa shape index (κ1) is 59.5. The highest BCUT2D eigenvalue weighted by Gasteiger charge is 2.19. The molecule has 0 fully saturated rings. The number of hydrogen-bond donors (Lipinski definition) is 0. The topological polar surface area (TPSA) is 78.9 Å². The Hall–Kier alpha value is -4.45. The van der Waals surface area contributed by atoms with E-state index in [4.69, 9.17) is 14.2 Å². The smallest absolute Gasteiger partial charge is 0.310 e. The summed E-state index contributed by atoms with van der Waals surface area (Å²) >= 11 is 0. The lowest BCUT2D eigenvalue weighted by atomic mass is 10.0. The Bertz CT molecular complexity index is 1430.